The summed E-state index contributed by atoms with van der Waals surface area (Å²) in [5, 5.41) is 15.2. The Morgan fingerprint density at radius 2 is 2.45 bits per heavy atom. The number of fused-ring (bicyclic) bond motifs is 1. The van der Waals surface area contributed by atoms with Crippen molar-refractivity contribution in [1.29, 1.82) is 0 Å². The van der Waals surface area contributed by atoms with Crippen LogP contribution in [-0.4, -0.2) is 25.1 Å². The minimum Gasteiger partial charge on any atom is -0.424 e. The third-order valence-electron chi connectivity index (χ3n) is 1.35. The van der Waals surface area contributed by atoms with Crippen molar-refractivity contribution in [2.75, 3.05) is 0 Å². The lowest BCUT2D eigenvalue weighted by molar-refractivity contribution is 0.173. The van der Waals surface area contributed by atoms with E-state index in [4.69, 9.17) is 5.21 Å². The highest BCUT2D eigenvalue weighted by Gasteiger charge is 2.02. The third-order valence-corrected chi connectivity index (χ3v) is 1.35. The normalized spacial score (nSPS) is 10.5. The average Bonchev–Trinajstić information content (AvgIpc) is 2.45. The Bertz CT molecular complexity index is 443. The van der Waals surface area contributed by atoms with Crippen molar-refractivity contribution in [3.63, 3.8) is 0 Å². The van der Waals surface area contributed by atoms with Crippen LogP contribution in [0.1, 0.15) is 0 Å². The summed E-state index contributed by atoms with van der Waals surface area (Å²) in [6.07, 6.45) is 2.33. The van der Waals surface area contributed by atoms with Crippen LogP contribution in [0.25, 0.3) is 11.0 Å². The zero-order valence-corrected chi connectivity index (χ0v) is 5.35. The van der Waals surface area contributed by atoms with Crippen LogP contribution in [0.5, 0.6) is 0 Å². The van der Waals surface area contributed by atoms with Crippen LogP contribution in [0.3, 0.4) is 0 Å². The van der Waals surface area contributed by atoms with Gasteiger partial charge in [0.15, 0.2) is 5.65 Å². The summed E-state index contributed by atoms with van der Waals surface area (Å²) in [4.78, 5) is 14.7. The van der Waals surface area contributed by atoms with Gasteiger partial charge in [-0.2, -0.15) is 5.10 Å². The number of nitrogens with one attached hydrogen (secondary N) is 1. The van der Waals surface area contributed by atoms with Crippen LogP contribution in [-0.2, 0) is 0 Å². The van der Waals surface area contributed by atoms with Crippen molar-refractivity contribution in [3.8, 4) is 0 Å². The number of aromatic nitrogens is 4. The molecular weight excluding hydrogens is 148 g/mol. The first-order valence-corrected chi connectivity index (χ1v) is 2.89. The Morgan fingerprint density at radius 1 is 1.64 bits per heavy atom. The molecule has 0 aromatic carbocycles. The van der Waals surface area contributed by atoms with Gasteiger partial charge >= 0.3 is 0 Å². The van der Waals surface area contributed by atoms with E-state index in [0.29, 0.717) is 10.4 Å². The number of rotatable bonds is 0. The second-order valence-corrected chi connectivity index (χ2v) is 2.03. The lowest BCUT2D eigenvalue weighted by atomic mass is 10.4. The van der Waals surface area contributed by atoms with Gasteiger partial charge in [-0.05, 0) is 0 Å². The average molecular weight is 152 g/mol. The number of hydrogen-bond donors (Lipinski definition) is 2. The van der Waals surface area contributed by atoms with Crippen LogP contribution in [0.15, 0.2) is 17.3 Å². The summed E-state index contributed by atoms with van der Waals surface area (Å²) >= 11 is 0. The molecule has 6 nitrogen and oxygen atoms in total. The molecule has 6 heteroatoms. The third kappa shape index (κ3) is 0.689. The van der Waals surface area contributed by atoms with Crippen LogP contribution in [0.4, 0.5) is 0 Å². The molecule has 0 unspecified atom stereocenters. The largest absolute Gasteiger partial charge is 0.424 e. The van der Waals surface area contributed by atoms with Crippen molar-refractivity contribution in [2.45, 2.75) is 0 Å². The standard InChI is InChI=1S/C5H4N4O2/c10-5-3-1-7-8-4(3)6-2-9(5)11/h1-2,11H,(H,7,8). The van der Waals surface area contributed by atoms with Gasteiger partial charge in [0.25, 0.3) is 5.56 Å². The van der Waals surface area contributed by atoms with Crippen molar-refractivity contribution in [3.05, 3.63) is 22.9 Å². The van der Waals surface area contributed by atoms with E-state index < -0.39 is 5.56 Å². The van der Waals surface area contributed by atoms with E-state index >= 15 is 0 Å². The van der Waals surface area contributed by atoms with Crippen molar-refractivity contribution in [1.82, 2.24) is 19.9 Å². The zero-order valence-electron chi connectivity index (χ0n) is 5.35. The fraction of sp³-hybridized carbons (Fsp3) is 0. The molecule has 2 rings (SSSR count). The fourth-order valence-corrected chi connectivity index (χ4v) is 0.823. The van der Waals surface area contributed by atoms with E-state index in [1.807, 2.05) is 0 Å². The molecule has 0 amide bonds. The second kappa shape index (κ2) is 1.82. The molecule has 0 radical (unpaired) electrons. The highest BCUT2D eigenvalue weighted by atomic mass is 16.5. The van der Waals surface area contributed by atoms with E-state index in [-0.39, 0.29) is 5.39 Å². The molecule has 0 fully saturated rings. The van der Waals surface area contributed by atoms with E-state index in [9.17, 15) is 4.79 Å². The van der Waals surface area contributed by atoms with Crippen LogP contribution < -0.4 is 5.56 Å². The molecular formula is C5H4N4O2. The molecule has 0 saturated carbocycles. The summed E-state index contributed by atoms with van der Waals surface area (Å²) in [5.74, 6) is 0. The molecule has 0 aliphatic carbocycles. The first-order chi connectivity index (χ1) is 5.29. The van der Waals surface area contributed by atoms with E-state index in [1.54, 1.807) is 0 Å². The lowest BCUT2D eigenvalue weighted by Crippen LogP contribution is -2.17. The zero-order chi connectivity index (χ0) is 7.84. The molecule has 0 aliphatic rings. The molecule has 0 bridgehead atoms. The maximum absolute atomic E-state index is 11.0. The van der Waals surface area contributed by atoms with Crippen LogP contribution in [0.2, 0.25) is 0 Å². The molecule has 2 aromatic heterocycles. The first kappa shape index (κ1) is 5.90. The lowest BCUT2D eigenvalue weighted by Gasteiger charge is -1.91. The SMILES string of the molecule is O=c1c2cn[nH]c2ncn1O. The highest BCUT2D eigenvalue weighted by molar-refractivity contribution is 5.71. The van der Waals surface area contributed by atoms with Gasteiger partial charge in [-0.15, -0.1) is 4.73 Å². The van der Waals surface area contributed by atoms with E-state index in [0.717, 1.165) is 6.33 Å². The van der Waals surface area contributed by atoms with Crippen LogP contribution >= 0.6 is 0 Å². The summed E-state index contributed by atoms with van der Waals surface area (Å²) in [7, 11) is 0. The van der Waals surface area contributed by atoms with Gasteiger partial charge in [0.1, 0.15) is 11.7 Å². The van der Waals surface area contributed by atoms with Crippen molar-refractivity contribution >= 4 is 11.0 Å². The van der Waals surface area contributed by atoms with E-state index in [1.165, 1.54) is 6.20 Å². The first-order valence-electron chi connectivity index (χ1n) is 2.89. The Kier molecular flexibility index (Phi) is 0.974. The number of aromatic amines is 1. The van der Waals surface area contributed by atoms with Gasteiger partial charge in [-0.25, -0.2) is 4.98 Å². The fourth-order valence-electron chi connectivity index (χ4n) is 0.823. The van der Waals surface area contributed by atoms with Crippen LogP contribution in [0, 0.1) is 0 Å². The predicted octanol–water partition coefficient (Wildman–Crippen LogP) is -0.643. The smallest absolute Gasteiger partial charge is 0.296 e. The minimum atomic E-state index is -0.524. The molecule has 2 heterocycles. The number of hydrogen-bond acceptors (Lipinski definition) is 4. The van der Waals surface area contributed by atoms with Gasteiger partial charge < -0.3 is 5.21 Å². The van der Waals surface area contributed by atoms with Gasteiger partial charge in [0, 0.05) is 0 Å². The number of nitrogens with zero attached hydrogens (tertiary/aromatic N) is 3. The van der Waals surface area contributed by atoms with Crippen molar-refractivity contribution in [2.24, 2.45) is 0 Å². The van der Waals surface area contributed by atoms with Gasteiger partial charge in [-0.1, -0.05) is 0 Å². The quantitative estimate of drug-likeness (QED) is 0.491. The van der Waals surface area contributed by atoms with Gasteiger partial charge in [-0.3, -0.25) is 9.89 Å². The molecule has 0 spiro atoms. The van der Waals surface area contributed by atoms with Gasteiger partial charge in [0.05, 0.1) is 6.20 Å². The Morgan fingerprint density at radius 3 is 3.27 bits per heavy atom. The maximum atomic E-state index is 11.0. The second-order valence-electron chi connectivity index (χ2n) is 2.03. The molecule has 56 valence electrons. The highest BCUT2D eigenvalue weighted by Crippen LogP contribution is 1.97. The molecule has 2 N–H and O–H groups in total. The summed E-state index contributed by atoms with van der Waals surface area (Å²) in [6, 6.07) is 0. The predicted molar refractivity (Wildman–Crippen MR) is 35.3 cm³/mol. The Hall–Kier alpha value is -1.85. The van der Waals surface area contributed by atoms with E-state index in [2.05, 4.69) is 15.2 Å². The summed E-state index contributed by atoms with van der Waals surface area (Å²) in [5.41, 5.74) is -0.149. The Labute approximate surface area is 60.1 Å². The van der Waals surface area contributed by atoms with Crippen molar-refractivity contribution < 1.29 is 5.21 Å². The number of H-pyrrole nitrogens is 1. The minimum absolute atomic E-state index is 0.273. The maximum Gasteiger partial charge on any atom is 0.296 e. The monoisotopic (exact) mass is 152 g/mol. The molecule has 0 aliphatic heterocycles. The Balaban J connectivity index is 3.05. The van der Waals surface area contributed by atoms with Gasteiger partial charge in [0.2, 0.25) is 0 Å². The molecule has 2 aromatic rings. The summed E-state index contributed by atoms with van der Waals surface area (Å²) in [6.45, 7) is 0. The molecule has 0 saturated heterocycles. The summed E-state index contributed by atoms with van der Waals surface area (Å²) < 4.78 is 0.415. The molecule has 0 atom stereocenters. The topological polar surface area (TPSA) is 83.8 Å². The molecule has 11 heavy (non-hydrogen) atoms.